The van der Waals surface area contributed by atoms with Crippen molar-refractivity contribution >= 4 is 27.3 Å². The lowest BCUT2D eigenvalue weighted by Crippen LogP contribution is -2.20. The van der Waals surface area contributed by atoms with Gasteiger partial charge in [-0.2, -0.15) is 13.5 Å². The number of benzene rings is 2. The molecule has 1 amide bonds. The molecule has 152 valence electrons. The van der Waals surface area contributed by atoms with Gasteiger partial charge in [0.15, 0.2) is 0 Å². The lowest BCUT2D eigenvalue weighted by atomic mass is 10.2. The number of sulfonamides is 1. The third kappa shape index (κ3) is 4.37. The van der Waals surface area contributed by atoms with Crippen LogP contribution in [0.3, 0.4) is 0 Å². The third-order valence-electron chi connectivity index (χ3n) is 4.11. The van der Waals surface area contributed by atoms with Crippen LogP contribution in [0.1, 0.15) is 21.6 Å². The summed E-state index contributed by atoms with van der Waals surface area (Å²) in [6, 6.07) is 10.5. The summed E-state index contributed by atoms with van der Waals surface area (Å²) in [5, 5.41) is 8.16. The summed E-state index contributed by atoms with van der Waals surface area (Å²) in [5.74, 6) is -0.863. The van der Waals surface area contributed by atoms with Crippen LogP contribution in [-0.2, 0) is 10.0 Å². The van der Waals surface area contributed by atoms with Gasteiger partial charge in [0.1, 0.15) is 17.1 Å². The van der Waals surface area contributed by atoms with E-state index in [1.807, 2.05) is 0 Å². The number of halogens is 1. The number of carbonyl (C=O) groups is 1. The van der Waals surface area contributed by atoms with E-state index in [4.69, 9.17) is 4.74 Å². The number of nitrogens with one attached hydrogen (secondary N) is 3. The molecule has 0 aliphatic rings. The van der Waals surface area contributed by atoms with Crippen LogP contribution < -0.4 is 14.8 Å². The van der Waals surface area contributed by atoms with E-state index in [1.165, 1.54) is 38.3 Å². The van der Waals surface area contributed by atoms with Crippen molar-refractivity contribution in [2.75, 3.05) is 17.1 Å². The van der Waals surface area contributed by atoms with Gasteiger partial charge in [0.25, 0.3) is 15.9 Å². The van der Waals surface area contributed by atoms with E-state index in [-0.39, 0.29) is 22.6 Å². The Balaban J connectivity index is 1.90. The lowest BCUT2D eigenvalue weighted by molar-refractivity contribution is 0.102. The van der Waals surface area contributed by atoms with Gasteiger partial charge in [0.05, 0.1) is 12.8 Å². The Morgan fingerprint density at radius 2 is 1.83 bits per heavy atom. The summed E-state index contributed by atoms with van der Waals surface area (Å²) in [5.41, 5.74) is 0.915. The zero-order chi connectivity index (χ0) is 21.2. The maximum absolute atomic E-state index is 14.1. The fraction of sp³-hybridized carbons (Fsp3) is 0.158. The van der Waals surface area contributed by atoms with Crippen LogP contribution in [0.25, 0.3) is 0 Å². The molecule has 1 aromatic heterocycles. The van der Waals surface area contributed by atoms with Crippen molar-refractivity contribution in [1.82, 2.24) is 10.2 Å². The van der Waals surface area contributed by atoms with Gasteiger partial charge in [-0.1, -0.05) is 6.07 Å². The van der Waals surface area contributed by atoms with Crippen LogP contribution in [0.15, 0.2) is 47.5 Å². The summed E-state index contributed by atoms with van der Waals surface area (Å²) in [6.07, 6.45) is 0. The van der Waals surface area contributed by atoms with E-state index in [9.17, 15) is 17.6 Å². The zero-order valence-corrected chi connectivity index (χ0v) is 16.7. The molecule has 29 heavy (non-hydrogen) atoms. The third-order valence-corrected chi connectivity index (χ3v) is 5.42. The molecule has 8 nitrogen and oxygen atoms in total. The van der Waals surface area contributed by atoms with E-state index < -0.39 is 26.8 Å². The Kier molecular flexibility index (Phi) is 5.55. The largest absolute Gasteiger partial charge is 0.497 e. The molecule has 0 fully saturated rings. The highest BCUT2D eigenvalue weighted by molar-refractivity contribution is 7.92. The Hall–Kier alpha value is -3.40. The van der Waals surface area contributed by atoms with Crippen molar-refractivity contribution in [3.8, 4) is 5.75 Å². The molecule has 2 aromatic carbocycles. The number of amides is 1. The number of ether oxygens (including phenoxy) is 1. The van der Waals surface area contributed by atoms with Gasteiger partial charge in [-0.05, 0) is 55.8 Å². The van der Waals surface area contributed by atoms with Crippen LogP contribution >= 0.6 is 0 Å². The minimum Gasteiger partial charge on any atom is -0.497 e. The van der Waals surface area contributed by atoms with E-state index in [0.29, 0.717) is 11.3 Å². The molecular formula is C19H19FN4O4S. The van der Waals surface area contributed by atoms with Gasteiger partial charge < -0.3 is 10.1 Å². The minimum absolute atomic E-state index is 0.0624. The molecule has 0 atom stereocenters. The number of methoxy groups -OCH3 is 1. The molecule has 0 aliphatic carbocycles. The second-order valence-corrected chi connectivity index (χ2v) is 7.90. The van der Waals surface area contributed by atoms with Gasteiger partial charge in [-0.3, -0.25) is 14.6 Å². The zero-order valence-electron chi connectivity index (χ0n) is 15.9. The standard InChI is InChI=1S/C19H19FN4O4S/c1-11-4-9-16(15(20)10-11)21-18(25)17-12(2)22-23-19(17)29(26,27)24-13-5-7-14(28-3)8-6-13/h4-10,24H,1-3H3,(H,21,25)(H,22,23). The van der Waals surface area contributed by atoms with Crippen LogP contribution in [-0.4, -0.2) is 31.6 Å². The van der Waals surface area contributed by atoms with Crippen LogP contribution in [0.2, 0.25) is 0 Å². The molecular weight excluding hydrogens is 399 g/mol. The highest BCUT2D eigenvalue weighted by Gasteiger charge is 2.29. The predicted molar refractivity (Wildman–Crippen MR) is 106 cm³/mol. The Bertz CT molecular complexity index is 1160. The van der Waals surface area contributed by atoms with Gasteiger partial charge in [-0.15, -0.1) is 0 Å². The molecule has 0 unspecified atom stereocenters. The highest BCUT2D eigenvalue weighted by Crippen LogP contribution is 2.23. The summed E-state index contributed by atoms with van der Waals surface area (Å²) < 4.78 is 47.0. The highest BCUT2D eigenvalue weighted by atomic mass is 32.2. The van der Waals surface area contributed by atoms with Crippen molar-refractivity contribution in [3.05, 3.63) is 65.1 Å². The number of hydrogen-bond donors (Lipinski definition) is 3. The Labute approximate surface area is 167 Å². The van der Waals surface area contributed by atoms with E-state index >= 15 is 0 Å². The molecule has 0 bridgehead atoms. The maximum atomic E-state index is 14.1. The van der Waals surface area contributed by atoms with Crippen molar-refractivity contribution in [3.63, 3.8) is 0 Å². The summed E-state index contributed by atoms with van der Waals surface area (Å²) >= 11 is 0. The molecule has 3 rings (SSSR count). The number of hydrogen-bond acceptors (Lipinski definition) is 5. The first-order valence-corrected chi connectivity index (χ1v) is 9.99. The second-order valence-electron chi connectivity index (χ2n) is 6.30. The Morgan fingerprint density at radius 3 is 2.45 bits per heavy atom. The number of carbonyl (C=O) groups excluding carboxylic acids is 1. The fourth-order valence-corrected chi connectivity index (χ4v) is 3.86. The SMILES string of the molecule is COc1ccc(NS(=O)(=O)c2n[nH]c(C)c2C(=O)Nc2ccc(C)cc2F)cc1. The van der Waals surface area contributed by atoms with Crippen LogP contribution in [0, 0.1) is 19.7 Å². The summed E-state index contributed by atoms with van der Waals surface area (Å²) in [4.78, 5) is 12.7. The van der Waals surface area contributed by atoms with Crippen molar-refractivity contribution in [1.29, 1.82) is 0 Å². The van der Waals surface area contributed by atoms with E-state index in [0.717, 1.165) is 0 Å². The lowest BCUT2D eigenvalue weighted by Gasteiger charge is -2.10. The maximum Gasteiger partial charge on any atom is 0.282 e. The van der Waals surface area contributed by atoms with Crippen molar-refractivity contribution in [2.45, 2.75) is 18.9 Å². The quantitative estimate of drug-likeness (QED) is 0.569. The molecule has 0 spiro atoms. The van der Waals surface area contributed by atoms with Crippen LogP contribution in [0.5, 0.6) is 5.75 Å². The van der Waals surface area contributed by atoms with Crippen molar-refractivity contribution in [2.24, 2.45) is 0 Å². The first-order valence-electron chi connectivity index (χ1n) is 8.50. The average Bonchev–Trinajstić information content (AvgIpc) is 3.07. The first-order chi connectivity index (χ1) is 13.7. The van der Waals surface area contributed by atoms with Gasteiger partial charge in [0, 0.05) is 11.4 Å². The number of anilines is 2. The first kappa shape index (κ1) is 20.3. The molecule has 0 aliphatic heterocycles. The van der Waals surface area contributed by atoms with E-state index in [2.05, 4.69) is 20.2 Å². The molecule has 3 N–H and O–H groups in total. The number of nitrogens with zero attached hydrogens (tertiary/aromatic N) is 1. The van der Waals surface area contributed by atoms with Gasteiger partial charge in [0.2, 0.25) is 5.03 Å². The molecule has 0 saturated carbocycles. The number of H-pyrrole nitrogens is 1. The normalized spacial score (nSPS) is 11.2. The number of aryl methyl sites for hydroxylation is 2. The van der Waals surface area contributed by atoms with Crippen LogP contribution in [0.4, 0.5) is 15.8 Å². The van der Waals surface area contributed by atoms with E-state index in [1.54, 1.807) is 25.1 Å². The molecule has 0 saturated heterocycles. The number of aromatic nitrogens is 2. The van der Waals surface area contributed by atoms with Crippen molar-refractivity contribution < 1.29 is 22.3 Å². The number of aromatic amines is 1. The molecule has 10 heteroatoms. The topological polar surface area (TPSA) is 113 Å². The summed E-state index contributed by atoms with van der Waals surface area (Å²) in [6.45, 7) is 3.21. The fourth-order valence-electron chi connectivity index (χ4n) is 2.64. The molecule has 1 heterocycles. The van der Waals surface area contributed by atoms with Gasteiger partial charge >= 0.3 is 0 Å². The van der Waals surface area contributed by atoms with Gasteiger partial charge in [-0.25, -0.2) is 4.39 Å². The minimum atomic E-state index is -4.18. The Morgan fingerprint density at radius 1 is 1.14 bits per heavy atom. The smallest absolute Gasteiger partial charge is 0.282 e. The number of rotatable bonds is 6. The average molecular weight is 418 g/mol. The molecule has 0 radical (unpaired) electrons. The monoisotopic (exact) mass is 418 g/mol. The predicted octanol–water partition coefficient (Wildman–Crippen LogP) is 3.23. The summed E-state index contributed by atoms with van der Waals surface area (Å²) in [7, 11) is -2.69. The molecule has 3 aromatic rings. The second kappa shape index (κ2) is 7.92.